The number of rotatable bonds is 12. The van der Waals surface area contributed by atoms with Crippen molar-refractivity contribution in [2.75, 3.05) is 26.1 Å². The van der Waals surface area contributed by atoms with Gasteiger partial charge in [0.1, 0.15) is 6.23 Å². The molecule has 0 unspecified atom stereocenters. The van der Waals surface area contributed by atoms with Gasteiger partial charge in [-0.2, -0.15) is 5.06 Å². The molecular weight excluding hydrogens is 334 g/mol. The fraction of sp³-hybridized carbons (Fsp3) is 1.00. The highest BCUT2D eigenvalue weighted by atomic mass is 28.4. The predicted octanol–water partition coefficient (Wildman–Crippen LogP) is 4.72. The van der Waals surface area contributed by atoms with E-state index in [4.69, 9.17) is 18.1 Å². The van der Waals surface area contributed by atoms with E-state index in [1.165, 1.54) is 6.42 Å². The molecule has 0 aromatic carbocycles. The summed E-state index contributed by atoms with van der Waals surface area (Å²) in [5, 5.41) is 2.17. The first-order valence-electron chi connectivity index (χ1n) is 10.1. The molecule has 0 amide bonds. The SMILES string of the molecule is CCCO[Si](CON1C(C)(C)CCCC1(C)C)(OCCC)OCCC. The molecule has 6 heteroatoms. The highest BCUT2D eigenvalue weighted by molar-refractivity contribution is 6.60. The second-order valence-corrected chi connectivity index (χ2v) is 10.8. The molecule has 1 saturated heterocycles. The summed E-state index contributed by atoms with van der Waals surface area (Å²) in [5.41, 5.74) is 0.00428. The standard InChI is InChI=1S/C19H41NO4Si/c1-8-14-22-25(23-15-9-2,24-16-10-3)17-21-20-18(4,5)12-11-13-19(20,6)7/h8-17H2,1-7H3. The third-order valence-corrected chi connectivity index (χ3v) is 7.04. The first-order chi connectivity index (χ1) is 11.7. The van der Waals surface area contributed by atoms with Gasteiger partial charge in [0.05, 0.1) is 0 Å². The van der Waals surface area contributed by atoms with Crippen LogP contribution in [0.5, 0.6) is 0 Å². The zero-order valence-electron chi connectivity index (χ0n) is 17.7. The van der Waals surface area contributed by atoms with Crippen LogP contribution in [0.3, 0.4) is 0 Å². The molecule has 5 nitrogen and oxygen atoms in total. The Balaban J connectivity index is 2.89. The lowest BCUT2D eigenvalue weighted by Gasteiger charge is -2.51. The largest absolute Gasteiger partial charge is 0.530 e. The summed E-state index contributed by atoms with van der Waals surface area (Å²) in [4.78, 5) is 6.39. The van der Waals surface area contributed by atoms with Crippen molar-refractivity contribution in [1.29, 1.82) is 0 Å². The summed E-state index contributed by atoms with van der Waals surface area (Å²) in [6.45, 7) is 17.3. The number of piperidine rings is 1. The molecule has 25 heavy (non-hydrogen) atoms. The molecule has 0 aliphatic carbocycles. The molecule has 1 aliphatic rings. The van der Waals surface area contributed by atoms with E-state index in [2.05, 4.69) is 53.5 Å². The molecule has 0 radical (unpaired) electrons. The van der Waals surface area contributed by atoms with Crippen LogP contribution in [0.25, 0.3) is 0 Å². The smallest absolute Gasteiger partial charge is 0.372 e. The maximum atomic E-state index is 6.39. The monoisotopic (exact) mass is 375 g/mol. The Morgan fingerprint density at radius 3 is 1.52 bits per heavy atom. The minimum Gasteiger partial charge on any atom is -0.372 e. The molecule has 0 N–H and O–H groups in total. The van der Waals surface area contributed by atoms with Crippen molar-refractivity contribution in [3.63, 3.8) is 0 Å². The Hall–Kier alpha value is 0.0169. The molecule has 0 bridgehead atoms. The third-order valence-electron chi connectivity index (χ3n) is 4.63. The number of hydroxylamine groups is 2. The van der Waals surface area contributed by atoms with Gasteiger partial charge in [0.15, 0.2) is 0 Å². The summed E-state index contributed by atoms with van der Waals surface area (Å²) in [6.07, 6.45) is 6.72. The molecule has 0 aromatic rings. The molecule has 0 aromatic heterocycles. The fourth-order valence-electron chi connectivity index (χ4n) is 3.49. The number of hydrogen-bond donors (Lipinski definition) is 0. The number of hydrogen-bond acceptors (Lipinski definition) is 5. The van der Waals surface area contributed by atoms with Gasteiger partial charge in [0.2, 0.25) is 0 Å². The summed E-state index contributed by atoms with van der Waals surface area (Å²) in [7, 11) is -2.83. The molecule has 1 aliphatic heterocycles. The second kappa shape index (κ2) is 10.4. The Morgan fingerprint density at radius 1 is 0.760 bits per heavy atom. The van der Waals surface area contributed by atoms with Crippen LogP contribution in [0.4, 0.5) is 0 Å². The summed E-state index contributed by atoms with van der Waals surface area (Å²) in [5.74, 6) is 0. The van der Waals surface area contributed by atoms with Crippen molar-refractivity contribution in [2.24, 2.45) is 0 Å². The van der Waals surface area contributed by atoms with Gasteiger partial charge in [0, 0.05) is 30.9 Å². The molecule has 1 heterocycles. The van der Waals surface area contributed by atoms with Gasteiger partial charge >= 0.3 is 8.80 Å². The maximum Gasteiger partial charge on any atom is 0.530 e. The van der Waals surface area contributed by atoms with Crippen LogP contribution in [0, 0.1) is 0 Å². The van der Waals surface area contributed by atoms with Crippen molar-refractivity contribution < 1.29 is 18.1 Å². The first-order valence-corrected chi connectivity index (χ1v) is 12.0. The van der Waals surface area contributed by atoms with E-state index in [9.17, 15) is 0 Å². The zero-order valence-corrected chi connectivity index (χ0v) is 18.7. The molecule has 0 saturated carbocycles. The molecular formula is C19H41NO4Si. The first kappa shape index (κ1) is 23.1. The molecule has 1 rings (SSSR count). The molecule has 150 valence electrons. The molecule has 0 spiro atoms. The van der Waals surface area contributed by atoms with Crippen molar-refractivity contribution in [3.05, 3.63) is 0 Å². The van der Waals surface area contributed by atoms with Gasteiger partial charge in [0.25, 0.3) is 0 Å². The van der Waals surface area contributed by atoms with Crippen molar-refractivity contribution in [1.82, 2.24) is 5.06 Å². The van der Waals surface area contributed by atoms with Crippen LogP contribution >= 0.6 is 0 Å². The van der Waals surface area contributed by atoms with E-state index in [-0.39, 0.29) is 11.1 Å². The van der Waals surface area contributed by atoms with Crippen LogP contribution in [0.2, 0.25) is 0 Å². The van der Waals surface area contributed by atoms with Crippen molar-refractivity contribution in [2.45, 2.75) is 98.1 Å². The van der Waals surface area contributed by atoms with E-state index < -0.39 is 8.80 Å². The third kappa shape index (κ3) is 6.92. The minimum atomic E-state index is -2.83. The Bertz CT molecular complexity index is 339. The second-order valence-electron chi connectivity index (χ2n) is 8.27. The quantitative estimate of drug-likeness (QED) is 0.462. The average Bonchev–Trinajstić information content (AvgIpc) is 2.54. The average molecular weight is 376 g/mol. The van der Waals surface area contributed by atoms with Gasteiger partial charge in [-0.25, -0.2) is 0 Å². The van der Waals surface area contributed by atoms with Gasteiger partial charge in [-0.05, 0) is 66.2 Å². The van der Waals surface area contributed by atoms with Crippen molar-refractivity contribution >= 4 is 8.80 Å². The van der Waals surface area contributed by atoms with Gasteiger partial charge in [-0.15, -0.1) is 0 Å². The van der Waals surface area contributed by atoms with E-state index in [1.54, 1.807) is 0 Å². The normalized spacial score (nSPS) is 20.8. The zero-order chi connectivity index (χ0) is 19.0. The van der Waals surface area contributed by atoms with E-state index in [0.717, 1.165) is 32.1 Å². The predicted molar refractivity (Wildman–Crippen MR) is 104 cm³/mol. The minimum absolute atomic E-state index is 0.00214. The summed E-state index contributed by atoms with van der Waals surface area (Å²) < 4.78 is 18.5. The lowest BCUT2D eigenvalue weighted by atomic mass is 9.82. The van der Waals surface area contributed by atoms with Crippen LogP contribution in [0.15, 0.2) is 0 Å². The van der Waals surface area contributed by atoms with E-state index in [1.807, 2.05) is 0 Å². The van der Waals surface area contributed by atoms with Gasteiger partial charge < -0.3 is 13.3 Å². The lowest BCUT2D eigenvalue weighted by molar-refractivity contribution is -0.277. The molecule has 0 atom stereocenters. The van der Waals surface area contributed by atoms with Crippen LogP contribution in [-0.2, 0) is 18.1 Å². The summed E-state index contributed by atoms with van der Waals surface area (Å²) >= 11 is 0. The van der Waals surface area contributed by atoms with E-state index >= 15 is 0 Å². The number of nitrogens with zero attached hydrogens (tertiary/aromatic N) is 1. The maximum absolute atomic E-state index is 6.39. The highest BCUT2D eigenvalue weighted by Gasteiger charge is 2.47. The molecule has 1 fully saturated rings. The fourth-order valence-corrected chi connectivity index (χ4v) is 5.82. The Morgan fingerprint density at radius 2 is 1.16 bits per heavy atom. The van der Waals surface area contributed by atoms with E-state index in [0.29, 0.717) is 26.1 Å². The van der Waals surface area contributed by atoms with Crippen LogP contribution in [0.1, 0.15) is 87.0 Å². The highest BCUT2D eigenvalue weighted by Crippen LogP contribution is 2.38. The Labute approximate surface area is 156 Å². The topological polar surface area (TPSA) is 40.2 Å². The Kier molecular flexibility index (Phi) is 9.57. The van der Waals surface area contributed by atoms with Crippen LogP contribution in [-0.4, -0.2) is 51.0 Å². The van der Waals surface area contributed by atoms with Gasteiger partial charge in [-0.1, -0.05) is 20.8 Å². The van der Waals surface area contributed by atoms with Gasteiger partial charge in [-0.3, -0.25) is 4.84 Å². The van der Waals surface area contributed by atoms with Crippen molar-refractivity contribution in [3.8, 4) is 0 Å². The summed E-state index contributed by atoms with van der Waals surface area (Å²) in [6, 6.07) is 0. The van der Waals surface area contributed by atoms with Crippen LogP contribution < -0.4 is 0 Å². The lowest BCUT2D eigenvalue weighted by Crippen LogP contribution is -2.61.